The lowest BCUT2D eigenvalue weighted by atomic mass is 9.98. The van der Waals surface area contributed by atoms with Crippen molar-refractivity contribution in [2.24, 2.45) is 11.7 Å². The molecule has 0 aromatic heterocycles. The number of nitrogens with two attached hydrogens (primary N) is 1. The Morgan fingerprint density at radius 3 is 2.39 bits per heavy atom. The largest absolute Gasteiger partial charge is 0.379 e. The topological polar surface area (TPSA) is 41.7 Å². The van der Waals surface area contributed by atoms with Gasteiger partial charge in [0.1, 0.15) is 0 Å². The summed E-state index contributed by atoms with van der Waals surface area (Å²) in [6, 6.07) is 1.07. The molecule has 18 heavy (non-hydrogen) atoms. The van der Waals surface area contributed by atoms with E-state index in [0.29, 0.717) is 24.5 Å². The molecule has 0 bridgehead atoms. The highest BCUT2D eigenvalue weighted by molar-refractivity contribution is 4.92. The van der Waals surface area contributed by atoms with E-state index < -0.39 is 0 Å². The molecule has 0 amide bonds. The summed E-state index contributed by atoms with van der Waals surface area (Å²) in [5.41, 5.74) is 5.88. The van der Waals surface area contributed by atoms with Crippen molar-refractivity contribution in [1.29, 1.82) is 0 Å². The Kier molecular flexibility index (Phi) is 5.59. The van der Waals surface area contributed by atoms with Crippen LogP contribution in [0.2, 0.25) is 0 Å². The van der Waals surface area contributed by atoms with E-state index in [4.69, 9.17) is 10.5 Å². The van der Waals surface area contributed by atoms with E-state index in [1.165, 1.54) is 0 Å². The number of methoxy groups -OCH3 is 1. The molecule has 1 aliphatic heterocycles. The van der Waals surface area contributed by atoms with E-state index >= 15 is 0 Å². The summed E-state index contributed by atoms with van der Waals surface area (Å²) in [6.45, 7) is 9.58. The number of nitrogens with zero attached hydrogens (tertiary/aromatic N) is 2. The van der Waals surface area contributed by atoms with Crippen molar-refractivity contribution in [3.63, 3.8) is 0 Å². The van der Waals surface area contributed by atoms with Crippen LogP contribution in [0.4, 0.5) is 0 Å². The summed E-state index contributed by atoms with van der Waals surface area (Å²) in [7, 11) is 6.12. The number of ether oxygens (including phenoxy) is 1. The van der Waals surface area contributed by atoms with Gasteiger partial charge in [0, 0.05) is 38.8 Å². The summed E-state index contributed by atoms with van der Waals surface area (Å²) in [5, 5.41) is 0. The van der Waals surface area contributed by atoms with E-state index in [2.05, 4.69) is 44.7 Å². The Labute approximate surface area is 112 Å². The Morgan fingerprint density at radius 2 is 2.00 bits per heavy atom. The maximum absolute atomic E-state index is 5.97. The third-order valence-electron chi connectivity index (χ3n) is 4.33. The zero-order valence-corrected chi connectivity index (χ0v) is 12.9. The Balaban J connectivity index is 2.63. The lowest BCUT2D eigenvalue weighted by Gasteiger charge is -2.34. The van der Waals surface area contributed by atoms with Gasteiger partial charge in [-0.15, -0.1) is 0 Å². The van der Waals surface area contributed by atoms with Crippen molar-refractivity contribution in [2.75, 3.05) is 40.8 Å². The van der Waals surface area contributed by atoms with Gasteiger partial charge in [0.2, 0.25) is 0 Å². The zero-order chi connectivity index (χ0) is 13.9. The van der Waals surface area contributed by atoms with E-state index in [1.807, 2.05) is 0 Å². The molecule has 4 nitrogen and oxygen atoms in total. The van der Waals surface area contributed by atoms with Gasteiger partial charge in [0.05, 0.1) is 5.60 Å². The Bertz CT molecular complexity index is 255. The first-order valence-corrected chi connectivity index (χ1v) is 6.96. The third kappa shape index (κ3) is 3.92. The van der Waals surface area contributed by atoms with Crippen molar-refractivity contribution in [1.82, 2.24) is 9.80 Å². The molecule has 1 heterocycles. The van der Waals surface area contributed by atoms with Crippen LogP contribution in [0.3, 0.4) is 0 Å². The lowest BCUT2D eigenvalue weighted by Crippen LogP contribution is -2.45. The van der Waals surface area contributed by atoms with Crippen molar-refractivity contribution in [3.05, 3.63) is 0 Å². The van der Waals surface area contributed by atoms with Crippen LogP contribution in [0.5, 0.6) is 0 Å². The van der Waals surface area contributed by atoms with Crippen LogP contribution in [0.15, 0.2) is 0 Å². The standard InChI is InChI=1S/C14H31N3O/c1-11-9-17(10-13(11)16(4)5)12(8-15)7-14(2,3)18-6/h11-13H,7-10,15H2,1-6H3. The monoisotopic (exact) mass is 257 g/mol. The lowest BCUT2D eigenvalue weighted by molar-refractivity contribution is -0.00553. The fourth-order valence-electron chi connectivity index (χ4n) is 2.97. The van der Waals surface area contributed by atoms with Crippen LogP contribution in [-0.2, 0) is 4.74 Å². The van der Waals surface area contributed by atoms with Crippen LogP contribution in [0.1, 0.15) is 27.2 Å². The summed E-state index contributed by atoms with van der Waals surface area (Å²) < 4.78 is 5.54. The Hall–Kier alpha value is -0.160. The van der Waals surface area contributed by atoms with Gasteiger partial charge in [-0.1, -0.05) is 6.92 Å². The van der Waals surface area contributed by atoms with Crippen molar-refractivity contribution < 1.29 is 4.74 Å². The van der Waals surface area contributed by atoms with Crippen molar-refractivity contribution >= 4 is 0 Å². The normalized spacial score (nSPS) is 28.0. The van der Waals surface area contributed by atoms with Crippen LogP contribution < -0.4 is 5.73 Å². The minimum Gasteiger partial charge on any atom is -0.379 e. The van der Waals surface area contributed by atoms with Crippen LogP contribution >= 0.6 is 0 Å². The molecule has 1 fully saturated rings. The van der Waals surface area contributed by atoms with Crippen LogP contribution in [0.25, 0.3) is 0 Å². The maximum Gasteiger partial charge on any atom is 0.0638 e. The quantitative estimate of drug-likeness (QED) is 0.771. The van der Waals surface area contributed by atoms with Gasteiger partial charge in [0.25, 0.3) is 0 Å². The molecule has 3 atom stereocenters. The van der Waals surface area contributed by atoms with Crippen molar-refractivity contribution in [3.8, 4) is 0 Å². The predicted octanol–water partition coefficient (Wildman–Crippen LogP) is 1.01. The van der Waals surface area contributed by atoms with Gasteiger partial charge in [-0.25, -0.2) is 0 Å². The summed E-state index contributed by atoms with van der Waals surface area (Å²) in [4.78, 5) is 4.87. The fraction of sp³-hybridized carbons (Fsp3) is 1.00. The van der Waals surface area contributed by atoms with Gasteiger partial charge in [-0.3, -0.25) is 4.90 Å². The summed E-state index contributed by atoms with van der Waals surface area (Å²) in [5.74, 6) is 0.708. The molecule has 108 valence electrons. The van der Waals surface area contributed by atoms with Gasteiger partial charge in [-0.2, -0.15) is 0 Å². The molecule has 4 heteroatoms. The highest BCUT2D eigenvalue weighted by Crippen LogP contribution is 2.26. The summed E-state index contributed by atoms with van der Waals surface area (Å²) >= 11 is 0. The molecule has 0 spiro atoms. The van der Waals surface area contributed by atoms with Gasteiger partial charge < -0.3 is 15.4 Å². The van der Waals surface area contributed by atoms with Gasteiger partial charge >= 0.3 is 0 Å². The molecule has 0 aliphatic carbocycles. The molecule has 0 saturated carbocycles. The molecule has 0 radical (unpaired) electrons. The third-order valence-corrected chi connectivity index (χ3v) is 4.33. The molecule has 1 aliphatic rings. The number of rotatable bonds is 6. The van der Waals surface area contributed by atoms with E-state index in [9.17, 15) is 0 Å². The molecule has 1 rings (SSSR count). The number of likely N-dealkylation sites (tertiary alicyclic amines) is 1. The van der Waals surface area contributed by atoms with Gasteiger partial charge in [-0.05, 0) is 40.3 Å². The van der Waals surface area contributed by atoms with E-state index in [1.54, 1.807) is 7.11 Å². The molecular formula is C14H31N3O. The van der Waals surface area contributed by atoms with Gasteiger partial charge in [0.15, 0.2) is 0 Å². The molecular weight excluding hydrogens is 226 g/mol. The number of likely N-dealkylation sites (N-methyl/N-ethyl adjacent to an activating group) is 1. The molecule has 3 unspecified atom stereocenters. The van der Waals surface area contributed by atoms with Crippen molar-refractivity contribution in [2.45, 2.75) is 44.9 Å². The predicted molar refractivity (Wildman–Crippen MR) is 76.8 cm³/mol. The number of hydrogen-bond acceptors (Lipinski definition) is 4. The second-order valence-electron chi connectivity index (χ2n) is 6.52. The fourth-order valence-corrected chi connectivity index (χ4v) is 2.97. The zero-order valence-electron chi connectivity index (χ0n) is 12.9. The first-order valence-electron chi connectivity index (χ1n) is 6.96. The van der Waals surface area contributed by atoms with E-state index in [-0.39, 0.29) is 5.60 Å². The highest BCUT2D eigenvalue weighted by atomic mass is 16.5. The summed E-state index contributed by atoms with van der Waals surface area (Å²) in [6.07, 6.45) is 0.993. The maximum atomic E-state index is 5.97. The molecule has 1 saturated heterocycles. The first-order chi connectivity index (χ1) is 8.30. The average Bonchev–Trinajstić information content (AvgIpc) is 2.68. The molecule has 0 aromatic carbocycles. The van der Waals surface area contributed by atoms with E-state index in [0.717, 1.165) is 19.5 Å². The first kappa shape index (κ1) is 15.9. The van der Waals surface area contributed by atoms with Crippen LogP contribution in [-0.4, -0.2) is 68.3 Å². The Morgan fingerprint density at radius 1 is 1.39 bits per heavy atom. The molecule has 2 N–H and O–H groups in total. The SMILES string of the molecule is COC(C)(C)CC(CN)N1CC(C)C(N(C)C)C1. The molecule has 0 aromatic rings. The average molecular weight is 257 g/mol. The second kappa shape index (κ2) is 6.33. The smallest absolute Gasteiger partial charge is 0.0638 e. The minimum atomic E-state index is -0.0938. The second-order valence-corrected chi connectivity index (χ2v) is 6.52. The number of hydrogen-bond donors (Lipinski definition) is 1. The van der Waals surface area contributed by atoms with Crippen LogP contribution in [0, 0.1) is 5.92 Å². The minimum absolute atomic E-state index is 0.0938. The highest BCUT2D eigenvalue weighted by Gasteiger charge is 2.36.